The minimum atomic E-state index is -1.07. The molecule has 3 aromatic rings. The van der Waals surface area contributed by atoms with E-state index in [1.807, 2.05) is 38.1 Å². The Balaban J connectivity index is 1.82. The van der Waals surface area contributed by atoms with Gasteiger partial charge in [-0.25, -0.2) is 9.78 Å². The number of hydrogen-bond acceptors (Lipinski definition) is 8. The molecule has 2 N–H and O–H groups in total. The molecule has 0 unspecified atom stereocenters. The lowest BCUT2D eigenvalue weighted by molar-refractivity contribution is -0.154. The van der Waals surface area contributed by atoms with Gasteiger partial charge >= 0.3 is 5.97 Å². The second kappa shape index (κ2) is 12.5. The predicted octanol–water partition coefficient (Wildman–Crippen LogP) is 4.94. The fourth-order valence-electron chi connectivity index (χ4n) is 3.74. The van der Waals surface area contributed by atoms with Gasteiger partial charge in [0.05, 0.1) is 19.2 Å². The van der Waals surface area contributed by atoms with Crippen LogP contribution in [0.5, 0.6) is 23.0 Å². The van der Waals surface area contributed by atoms with Crippen LogP contribution in [-0.4, -0.2) is 48.3 Å². The highest BCUT2D eigenvalue weighted by molar-refractivity contribution is 6.32. The normalized spacial score (nSPS) is 13.1. The first-order valence-corrected chi connectivity index (χ1v) is 12.2. The lowest BCUT2D eigenvalue weighted by atomic mass is 10.0. The van der Waals surface area contributed by atoms with Crippen molar-refractivity contribution < 1.29 is 33.6 Å². The molecule has 0 fully saturated rings. The van der Waals surface area contributed by atoms with Gasteiger partial charge in [-0.2, -0.15) is 0 Å². The number of hydrogen-bond donors (Lipinski definition) is 2. The summed E-state index contributed by atoms with van der Waals surface area (Å²) in [7, 11) is 2.90. The highest BCUT2D eigenvalue weighted by Gasteiger charge is 2.31. The van der Waals surface area contributed by atoms with Crippen molar-refractivity contribution in [3.05, 3.63) is 76.1 Å². The first kappa shape index (κ1) is 28.6. The number of aromatic hydroxyl groups is 1. The molecule has 2 aromatic carbocycles. The lowest BCUT2D eigenvalue weighted by Gasteiger charge is -2.28. The maximum Gasteiger partial charge on any atom is 0.328 e. The Morgan fingerprint density at radius 1 is 0.947 bits per heavy atom. The summed E-state index contributed by atoms with van der Waals surface area (Å²) in [5.74, 6) is -0.871. The van der Waals surface area contributed by atoms with E-state index in [1.165, 1.54) is 26.3 Å². The molecule has 1 aromatic heterocycles. The van der Waals surface area contributed by atoms with Crippen LogP contribution in [0.15, 0.2) is 48.7 Å². The van der Waals surface area contributed by atoms with Crippen LogP contribution in [0.2, 0.25) is 5.02 Å². The predicted molar refractivity (Wildman–Crippen MR) is 142 cm³/mol. The van der Waals surface area contributed by atoms with E-state index in [2.05, 4.69) is 10.3 Å². The van der Waals surface area contributed by atoms with E-state index in [-0.39, 0.29) is 11.4 Å². The number of esters is 1. The van der Waals surface area contributed by atoms with Gasteiger partial charge < -0.3 is 29.4 Å². The number of nitrogens with zero attached hydrogens (tertiary/aromatic N) is 1. The molecule has 38 heavy (non-hydrogen) atoms. The summed E-state index contributed by atoms with van der Waals surface area (Å²) in [5, 5.41) is 13.1. The van der Waals surface area contributed by atoms with Crippen LogP contribution in [0.3, 0.4) is 0 Å². The lowest BCUT2D eigenvalue weighted by Crippen LogP contribution is -2.42. The molecule has 3 atom stereocenters. The number of ether oxygens (including phenoxy) is 4. The highest BCUT2D eigenvalue weighted by atomic mass is 35.5. The first-order valence-electron chi connectivity index (χ1n) is 11.9. The number of carbonyl (C=O) groups is 2. The average molecular weight is 543 g/mol. The largest absolute Gasteiger partial charge is 0.503 e. The van der Waals surface area contributed by atoms with Crippen LogP contribution in [-0.2, 0) is 9.53 Å². The van der Waals surface area contributed by atoms with Crippen LogP contribution in [0.4, 0.5) is 0 Å². The van der Waals surface area contributed by atoms with Crippen LogP contribution in [0, 0.1) is 13.8 Å². The van der Waals surface area contributed by atoms with Gasteiger partial charge in [-0.15, -0.1) is 0 Å². The number of aromatic nitrogens is 1. The number of benzene rings is 2. The summed E-state index contributed by atoms with van der Waals surface area (Å²) in [6, 6.07) is 11.3. The van der Waals surface area contributed by atoms with Gasteiger partial charge in [0.25, 0.3) is 5.91 Å². The fourth-order valence-corrected chi connectivity index (χ4v) is 4.02. The first-order chi connectivity index (χ1) is 18.0. The Labute approximate surface area is 226 Å². The molecule has 9 nitrogen and oxygen atoms in total. The van der Waals surface area contributed by atoms with Crippen LogP contribution in [0.25, 0.3) is 0 Å². The number of aryl methyl sites for hydroxylation is 2. The maximum absolute atomic E-state index is 13.0. The zero-order valence-corrected chi connectivity index (χ0v) is 22.8. The van der Waals surface area contributed by atoms with Gasteiger partial charge in [-0.05, 0) is 57.0 Å². The smallest absolute Gasteiger partial charge is 0.328 e. The molecule has 3 rings (SSSR count). The molecule has 0 aliphatic heterocycles. The van der Waals surface area contributed by atoms with E-state index in [0.717, 1.165) is 11.1 Å². The number of methoxy groups -OCH3 is 2. The molecule has 202 valence electrons. The van der Waals surface area contributed by atoms with Gasteiger partial charge in [0.2, 0.25) is 0 Å². The van der Waals surface area contributed by atoms with Crippen molar-refractivity contribution in [3.63, 3.8) is 0 Å². The molecule has 0 aliphatic carbocycles. The zero-order chi connectivity index (χ0) is 28.0. The zero-order valence-electron chi connectivity index (χ0n) is 22.1. The topological polar surface area (TPSA) is 116 Å². The molecule has 0 spiro atoms. The number of pyridine rings is 1. The molecule has 1 heterocycles. The summed E-state index contributed by atoms with van der Waals surface area (Å²) < 4.78 is 22.6. The molecular weight excluding hydrogens is 512 g/mol. The van der Waals surface area contributed by atoms with Gasteiger partial charge in [0.1, 0.15) is 23.6 Å². The van der Waals surface area contributed by atoms with Crippen molar-refractivity contribution in [1.29, 1.82) is 0 Å². The molecule has 1 amide bonds. The summed E-state index contributed by atoms with van der Waals surface area (Å²) in [5.41, 5.74) is 2.31. The van der Waals surface area contributed by atoms with Crippen molar-refractivity contribution in [2.75, 3.05) is 14.2 Å². The highest BCUT2D eigenvalue weighted by Crippen LogP contribution is 2.36. The van der Waals surface area contributed by atoms with E-state index < -0.39 is 35.9 Å². The average Bonchev–Trinajstić information content (AvgIpc) is 2.88. The monoisotopic (exact) mass is 542 g/mol. The van der Waals surface area contributed by atoms with E-state index in [4.69, 9.17) is 30.5 Å². The second-order valence-electron chi connectivity index (χ2n) is 8.77. The van der Waals surface area contributed by atoms with Crippen molar-refractivity contribution >= 4 is 23.5 Å². The van der Waals surface area contributed by atoms with Gasteiger partial charge in [0, 0.05) is 17.8 Å². The Kier molecular flexibility index (Phi) is 9.41. The Hall–Kier alpha value is -3.98. The molecule has 0 bridgehead atoms. The minimum absolute atomic E-state index is 0.0794. The number of rotatable bonds is 10. The Bertz CT molecular complexity index is 1310. The number of nitrogens with one attached hydrogen (secondary N) is 1. The summed E-state index contributed by atoms with van der Waals surface area (Å²) >= 11 is 6.42. The molecule has 10 heteroatoms. The van der Waals surface area contributed by atoms with Crippen LogP contribution >= 0.6 is 11.6 Å². The minimum Gasteiger partial charge on any atom is -0.503 e. The number of amides is 1. The van der Waals surface area contributed by atoms with E-state index >= 15 is 0 Å². The molecule has 0 saturated carbocycles. The second-order valence-corrected chi connectivity index (χ2v) is 9.17. The van der Waals surface area contributed by atoms with Crippen molar-refractivity contribution in [3.8, 4) is 23.0 Å². The Morgan fingerprint density at radius 2 is 1.61 bits per heavy atom. The van der Waals surface area contributed by atoms with E-state index in [9.17, 15) is 14.7 Å². The van der Waals surface area contributed by atoms with E-state index in [0.29, 0.717) is 22.1 Å². The third kappa shape index (κ3) is 6.66. The molecule has 0 saturated heterocycles. The third-order valence-electron chi connectivity index (χ3n) is 5.79. The summed E-state index contributed by atoms with van der Waals surface area (Å²) in [6.45, 7) is 6.98. The quantitative estimate of drug-likeness (QED) is 0.346. The number of halogens is 1. The number of carbonyl (C=O) groups excluding carboxylic acids is 2. The van der Waals surface area contributed by atoms with Crippen molar-refractivity contribution in [2.24, 2.45) is 0 Å². The maximum atomic E-state index is 13.0. The van der Waals surface area contributed by atoms with Gasteiger partial charge in [-0.3, -0.25) is 4.79 Å². The van der Waals surface area contributed by atoms with Gasteiger partial charge in [0.15, 0.2) is 23.3 Å². The molecular formula is C28H31ClN2O7. The summed E-state index contributed by atoms with van der Waals surface area (Å²) in [4.78, 5) is 29.5. The standard InChI is InChI=1S/C28H31ClN2O7/c1-15-8-10-21(20(29)13-15)38-26(19-9-7-16(2)14-23(19)36-6)18(4)37-28(34)17(3)31-27(33)24-25(32)22(35-5)11-12-30-24/h7-14,17-18,26,32H,1-6H3,(H,31,33)/t17-,18-,26-/m0/s1. The fraction of sp³-hybridized carbons (Fsp3) is 0.321. The summed E-state index contributed by atoms with van der Waals surface area (Å²) in [6.07, 6.45) is -0.299. The third-order valence-corrected chi connectivity index (χ3v) is 6.08. The van der Waals surface area contributed by atoms with Crippen LogP contribution < -0.4 is 19.5 Å². The van der Waals surface area contributed by atoms with Crippen LogP contribution in [0.1, 0.15) is 47.1 Å². The molecule has 0 radical (unpaired) electrons. The van der Waals surface area contributed by atoms with E-state index in [1.54, 1.807) is 26.2 Å². The van der Waals surface area contributed by atoms with Crippen molar-refractivity contribution in [2.45, 2.75) is 45.9 Å². The van der Waals surface area contributed by atoms with Crippen molar-refractivity contribution in [1.82, 2.24) is 10.3 Å². The van der Waals surface area contributed by atoms with Gasteiger partial charge in [-0.1, -0.05) is 29.8 Å². The molecule has 0 aliphatic rings. The SMILES string of the molecule is COc1cc(C)ccc1[C@@H](Oc1ccc(C)cc1Cl)[C@H](C)OC(=O)[C@H](C)NC(=O)c1nccc(OC)c1O. The Morgan fingerprint density at radius 3 is 2.26 bits per heavy atom.